The second-order valence-electron chi connectivity index (χ2n) is 17.3. The van der Waals surface area contributed by atoms with E-state index in [2.05, 4.69) is 106 Å². The molecule has 0 heterocycles. The molecular formula is C56H95O11P. The van der Waals surface area contributed by atoms with E-state index < -0.39 is 57.8 Å². The van der Waals surface area contributed by atoms with Crippen molar-refractivity contribution in [3.63, 3.8) is 0 Å². The third-order valence-electron chi connectivity index (χ3n) is 10.8. The number of hydrogen-bond donors (Lipinski definition) is 2. The average Bonchev–Trinajstić information content (AvgIpc) is 3.32. The van der Waals surface area contributed by atoms with E-state index in [1.54, 1.807) is 0 Å². The maximum absolute atomic E-state index is 12.9. The number of hydrogen-bond acceptors (Lipinski definition) is 10. The van der Waals surface area contributed by atoms with Gasteiger partial charge in [0.25, 0.3) is 0 Å². The second kappa shape index (κ2) is 50.1. The zero-order valence-electron chi connectivity index (χ0n) is 42.8. The Bertz CT molecular complexity index is 1460. The Morgan fingerprint density at radius 2 is 0.765 bits per heavy atom. The summed E-state index contributed by atoms with van der Waals surface area (Å²) in [4.78, 5) is 48.3. The van der Waals surface area contributed by atoms with Gasteiger partial charge in [0.2, 0.25) is 0 Å². The molecule has 12 heteroatoms. The van der Waals surface area contributed by atoms with Gasteiger partial charge in [0.1, 0.15) is 12.7 Å². The lowest BCUT2D eigenvalue weighted by Gasteiger charge is -2.21. The highest BCUT2D eigenvalue weighted by molar-refractivity contribution is 7.47. The molecule has 0 bridgehead atoms. The van der Waals surface area contributed by atoms with Gasteiger partial charge in [-0.2, -0.15) is 0 Å². The van der Waals surface area contributed by atoms with Gasteiger partial charge in [0.05, 0.1) is 19.8 Å². The van der Waals surface area contributed by atoms with Crippen LogP contribution in [0.25, 0.3) is 0 Å². The SMILES string of the molecule is CC/C=C\C/C=C\C/C=C\C/C=C\CCCCC(=O)OC(COC(=O)CCCCC/C=C\C/C=C\C/C=C\CC)COP(=O)(O)OCC(CO)OC(=O)CCCCCCCCCCCCCCC. The Kier molecular flexibility index (Phi) is 47.6. The van der Waals surface area contributed by atoms with Crippen molar-refractivity contribution in [3.8, 4) is 0 Å². The zero-order chi connectivity index (χ0) is 49.9. The van der Waals surface area contributed by atoms with Crippen LogP contribution in [0, 0.1) is 0 Å². The van der Waals surface area contributed by atoms with Gasteiger partial charge >= 0.3 is 25.7 Å². The molecule has 0 spiro atoms. The molecule has 0 aromatic rings. The van der Waals surface area contributed by atoms with Crippen molar-refractivity contribution in [3.05, 3.63) is 85.1 Å². The van der Waals surface area contributed by atoms with E-state index in [9.17, 15) is 28.9 Å². The molecule has 0 aliphatic rings. The Morgan fingerprint density at radius 1 is 0.426 bits per heavy atom. The molecule has 0 amide bonds. The van der Waals surface area contributed by atoms with Crippen molar-refractivity contribution in [2.45, 2.75) is 226 Å². The summed E-state index contributed by atoms with van der Waals surface area (Å²) in [5.41, 5.74) is 0. The van der Waals surface area contributed by atoms with E-state index in [0.29, 0.717) is 19.3 Å². The van der Waals surface area contributed by atoms with Crippen LogP contribution in [0.4, 0.5) is 0 Å². The molecule has 0 saturated heterocycles. The average molecular weight is 975 g/mol. The number of unbranched alkanes of at least 4 members (excludes halogenated alkanes) is 17. The summed E-state index contributed by atoms with van der Waals surface area (Å²) < 4.78 is 39.3. The molecule has 390 valence electrons. The van der Waals surface area contributed by atoms with E-state index in [1.165, 1.54) is 57.8 Å². The van der Waals surface area contributed by atoms with Crippen molar-refractivity contribution >= 4 is 25.7 Å². The maximum atomic E-state index is 12.9. The molecule has 0 aliphatic heterocycles. The minimum absolute atomic E-state index is 0.106. The summed E-state index contributed by atoms with van der Waals surface area (Å²) in [6, 6.07) is 0. The Hall–Kier alpha value is -3.34. The van der Waals surface area contributed by atoms with Gasteiger partial charge in [0, 0.05) is 19.3 Å². The number of carbonyl (C=O) groups is 3. The Balaban J connectivity index is 4.83. The number of phosphoric acid groups is 1. The molecule has 0 radical (unpaired) electrons. The van der Waals surface area contributed by atoms with Crippen molar-refractivity contribution in [1.82, 2.24) is 0 Å². The van der Waals surface area contributed by atoms with Crippen LogP contribution in [0.3, 0.4) is 0 Å². The normalized spacial score (nSPS) is 14.1. The van der Waals surface area contributed by atoms with Gasteiger partial charge in [-0.15, -0.1) is 0 Å². The number of phosphoric ester groups is 1. The summed E-state index contributed by atoms with van der Waals surface area (Å²) in [7, 11) is -4.76. The summed E-state index contributed by atoms with van der Waals surface area (Å²) in [6.45, 7) is 4.32. The first-order chi connectivity index (χ1) is 33.2. The predicted octanol–water partition coefficient (Wildman–Crippen LogP) is 15.1. The molecule has 0 saturated carbocycles. The summed E-state index contributed by atoms with van der Waals surface area (Å²) >= 11 is 0. The maximum Gasteiger partial charge on any atom is 0.472 e. The Morgan fingerprint density at radius 3 is 1.21 bits per heavy atom. The van der Waals surface area contributed by atoms with E-state index in [4.69, 9.17) is 23.3 Å². The standard InChI is InChI=1S/C56H95O11P/c1-4-7-10-13-16-19-22-25-26-29-32-35-38-41-44-47-56(60)67-53(49-63-54(58)45-42-39-36-33-30-27-23-20-17-14-11-8-5-2)51-65-68(61,62)64-50-52(48-57)66-55(59)46-43-40-37-34-31-28-24-21-18-15-12-9-6-3/h7-8,10-11,16-17,19-20,25-27,30,32,35,52-53,57H,4-6,9,12-15,18,21-24,28-29,31,33-34,36-51H2,1-3H3,(H,61,62)/b10-7-,11-8-,19-16-,20-17-,26-25-,30-27-,35-32-. The fourth-order valence-electron chi connectivity index (χ4n) is 6.83. The number of ether oxygens (including phenoxy) is 3. The molecule has 0 aromatic heterocycles. The van der Waals surface area contributed by atoms with Crippen LogP contribution in [0.5, 0.6) is 0 Å². The highest BCUT2D eigenvalue weighted by Crippen LogP contribution is 2.43. The van der Waals surface area contributed by atoms with Crippen LogP contribution in [0.2, 0.25) is 0 Å². The van der Waals surface area contributed by atoms with Gasteiger partial charge in [-0.3, -0.25) is 23.4 Å². The monoisotopic (exact) mass is 975 g/mol. The molecule has 3 atom stereocenters. The van der Waals surface area contributed by atoms with Crippen LogP contribution in [0.1, 0.15) is 213 Å². The van der Waals surface area contributed by atoms with Crippen molar-refractivity contribution in [2.75, 3.05) is 26.4 Å². The van der Waals surface area contributed by atoms with Gasteiger partial charge < -0.3 is 24.2 Å². The molecule has 0 rings (SSSR count). The highest BCUT2D eigenvalue weighted by atomic mass is 31.2. The summed E-state index contributed by atoms with van der Waals surface area (Å²) in [5, 5.41) is 9.78. The number of aliphatic hydroxyl groups is 1. The fourth-order valence-corrected chi connectivity index (χ4v) is 7.61. The molecular weight excluding hydrogens is 880 g/mol. The topological polar surface area (TPSA) is 155 Å². The fraction of sp³-hybridized carbons (Fsp3) is 0.696. The number of rotatable bonds is 48. The van der Waals surface area contributed by atoms with Crippen LogP contribution in [-0.4, -0.2) is 66.5 Å². The van der Waals surface area contributed by atoms with Crippen molar-refractivity contribution in [2.24, 2.45) is 0 Å². The van der Waals surface area contributed by atoms with Gasteiger partial charge in [-0.05, 0) is 89.9 Å². The third kappa shape index (κ3) is 47.7. The van der Waals surface area contributed by atoms with E-state index in [-0.39, 0.29) is 25.9 Å². The van der Waals surface area contributed by atoms with E-state index in [0.717, 1.165) is 96.3 Å². The number of aliphatic hydroxyl groups excluding tert-OH is 1. The van der Waals surface area contributed by atoms with Gasteiger partial charge in [-0.25, -0.2) is 4.57 Å². The zero-order valence-corrected chi connectivity index (χ0v) is 43.7. The van der Waals surface area contributed by atoms with Gasteiger partial charge in [0.15, 0.2) is 6.10 Å². The molecule has 3 unspecified atom stereocenters. The molecule has 0 fully saturated rings. The van der Waals surface area contributed by atoms with Crippen LogP contribution < -0.4 is 0 Å². The molecule has 0 aliphatic carbocycles. The van der Waals surface area contributed by atoms with Crippen LogP contribution in [-0.2, 0) is 42.2 Å². The van der Waals surface area contributed by atoms with E-state index >= 15 is 0 Å². The number of esters is 3. The largest absolute Gasteiger partial charge is 0.472 e. The number of allylic oxidation sites excluding steroid dienone is 14. The Labute approximate surface area is 413 Å². The minimum Gasteiger partial charge on any atom is -0.462 e. The third-order valence-corrected chi connectivity index (χ3v) is 11.8. The predicted molar refractivity (Wildman–Crippen MR) is 279 cm³/mol. The quantitative estimate of drug-likeness (QED) is 0.0197. The minimum atomic E-state index is -4.76. The second-order valence-corrected chi connectivity index (χ2v) is 18.7. The van der Waals surface area contributed by atoms with Crippen molar-refractivity contribution in [1.29, 1.82) is 0 Å². The molecule has 68 heavy (non-hydrogen) atoms. The first-order valence-electron chi connectivity index (χ1n) is 26.5. The summed E-state index contributed by atoms with van der Waals surface area (Å²) in [6.07, 6.45) is 55.6. The lowest BCUT2D eigenvalue weighted by atomic mass is 10.0. The van der Waals surface area contributed by atoms with E-state index in [1.807, 2.05) is 0 Å². The first kappa shape index (κ1) is 64.7. The molecule has 2 N–H and O–H groups in total. The number of carbonyl (C=O) groups excluding carboxylic acids is 3. The van der Waals surface area contributed by atoms with Crippen LogP contribution >= 0.6 is 7.82 Å². The molecule has 0 aromatic carbocycles. The van der Waals surface area contributed by atoms with Crippen LogP contribution in [0.15, 0.2) is 85.1 Å². The molecule has 11 nitrogen and oxygen atoms in total. The first-order valence-corrected chi connectivity index (χ1v) is 28.0. The lowest BCUT2D eigenvalue weighted by Crippen LogP contribution is -2.30. The highest BCUT2D eigenvalue weighted by Gasteiger charge is 2.28. The summed E-state index contributed by atoms with van der Waals surface area (Å²) in [5.74, 6) is -1.55. The smallest absolute Gasteiger partial charge is 0.462 e. The lowest BCUT2D eigenvalue weighted by molar-refractivity contribution is -0.161. The van der Waals surface area contributed by atoms with Crippen molar-refractivity contribution < 1.29 is 52.2 Å². The van der Waals surface area contributed by atoms with Gasteiger partial charge in [-0.1, -0.05) is 189 Å².